The van der Waals surface area contributed by atoms with Crippen molar-refractivity contribution in [2.75, 3.05) is 5.75 Å². The highest BCUT2D eigenvalue weighted by molar-refractivity contribution is 7.85. The van der Waals surface area contributed by atoms with Crippen molar-refractivity contribution in [2.45, 2.75) is 174 Å². The number of amides is 1. The highest BCUT2D eigenvalue weighted by Gasteiger charge is 2.24. The highest BCUT2D eigenvalue weighted by atomic mass is 32.2. The lowest BCUT2D eigenvalue weighted by Gasteiger charge is -2.21. The van der Waals surface area contributed by atoms with Gasteiger partial charge in [0.15, 0.2) is 0 Å². The molecule has 3 N–H and O–H groups in total. The Balaban J connectivity index is 4.01. The van der Waals surface area contributed by atoms with Crippen LogP contribution in [0.25, 0.3) is 0 Å². The third kappa shape index (κ3) is 31.7. The van der Waals surface area contributed by atoms with Gasteiger partial charge in [-0.1, -0.05) is 152 Å². The minimum absolute atomic E-state index is 0.283. The van der Waals surface area contributed by atoms with Gasteiger partial charge >= 0.3 is 0 Å². The van der Waals surface area contributed by atoms with E-state index in [1.165, 1.54) is 70.6 Å². The number of carbonyl (C=O) groups excluding carboxylic acids is 1. The van der Waals surface area contributed by atoms with Gasteiger partial charge < -0.3 is 10.4 Å². The average molecular weight is 638 g/mol. The first-order valence-electron chi connectivity index (χ1n) is 17.8. The third-order valence-corrected chi connectivity index (χ3v) is 8.54. The standard InChI is InChI=1S/C37H67NO5S/c1-3-5-7-9-11-13-15-17-18-19-20-21-23-25-27-29-31-33-37(40)38-35(34-44(41,42)43)36(39)32-30-28-26-24-22-16-14-12-10-8-6-4-2/h5,7,11,13,17-18,30,32,35-36,39H,3-4,6,8-10,12,14-16,19-29,31,33-34H2,1-2H3,(H,38,40)(H,41,42,43)/b7-5-,13-11-,18-17-,32-30+. The quantitative estimate of drug-likeness (QED) is 0.0399. The van der Waals surface area contributed by atoms with Crippen LogP contribution in [0, 0.1) is 0 Å². The molecule has 0 aliphatic heterocycles. The second kappa shape index (κ2) is 31.3. The monoisotopic (exact) mass is 637 g/mol. The summed E-state index contributed by atoms with van der Waals surface area (Å²) in [6.45, 7) is 4.38. The van der Waals surface area contributed by atoms with Gasteiger partial charge in [-0.2, -0.15) is 8.42 Å². The van der Waals surface area contributed by atoms with Crippen LogP contribution < -0.4 is 5.32 Å². The van der Waals surface area contributed by atoms with Gasteiger partial charge in [-0.15, -0.1) is 0 Å². The van der Waals surface area contributed by atoms with E-state index in [1.54, 1.807) is 6.08 Å². The second-order valence-corrected chi connectivity index (χ2v) is 13.6. The molecule has 0 aromatic rings. The Kier molecular flexibility index (Phi) is 30.1. The first kappa shape index (κ1) is 42.3. The van der Waals surface area contributed by atoms with E-state index in [-0.39, 0.29) is 12.3 Å². The number of hydrogen-bond donors (Lipinski definition) is 3. The van der Waals surface area contributed by atoms with Gasteiger partial charge in [-0.3, -0.25) is 9.35 Å². The Bertz CT molecular complexity index is 878. The predicted octanol–water partition coefficient (Wildman–Crippen LogP) is 9.96. The summed E-state index contributed by atoms with van der Waals surface area (Å²) in [6, 6.07) is -1.06. The van der Waals surface area contributed by atoms with Crippen LogP contribution in [0.4, 0.5) is 0 Å². The van der Waals surface area contributed by atoms with Gasteiger partial charge in [0.1, 0.15) is 0 Å². The van der Waals surface area contributed by atoms with Crippen LogP contribution in [0.3, 0.4) is 0 Å². The van der Waals surface area contributed by atoms with Gasteiger partial charge in [0.05, 0.1) is 17.9 Å². The van der Waals surface area contributed by atoms with Gasteiger partial charge in [0.25, 0.3) is 10.1 Å². The molecule has 256 valence electrons. The van der Waals surface area contributed by atoms with Crippen molar-refractivity contribution >= 4 is 16.0 Å². The maximum atomic E-state index is 12.4. The first-order valence-corrected chi connectivity index (χ1v) is 19.4. The smallest absolute Gasteiger partial charge is 0.267 e. The largest absolute Gasteiger partial charge is 0.387 e. The van der Waals surface area contributed by atoms with Crippen LogP contribution in [-0.4, -0.2) is 41.9 Å². The highest BCUT2D eigenvalue weighted by Crippen LogP contribution is 2.13. The van der Waals surface area contributed by atoms with Crippen molar-refractivity contribution < 1.29 is 22.9 Å². The molecule has 0 aliphatic carbocycles. The average Bonchev–Trinajstić information content (AvgIpc) is 2.98. The van der Waals surface area contributed by atoms with Crippen LogP contribution in [0.1, 0.15) is 162 Å². The molecular formula is C37H67NO5S. The topological polar surface area (TPSA) is 104 Å². The van der Waals surface area contributed by atoms with Gasteiger partial charge in [0, 0.05) is 6.42 Å². The maximum Gasteiger partial charge on any atom is 0.267 e. The first-order chi connectivity index (χ1) is 21.3. The summed E-state index contributed by atoms with van der Waals surface area (Å²) in [5, 5.41) is 13.1. The molecule has 0 aromatic heterocycles. The molecule has 0 aromatic carbocycles. The lowest BCUT2D eigenvalue weighted by molar-refractivity contribution is -0.122. The molecule has 7 heteroatoms. The van der Waals surface area contributed by atoms with E-state index in [1.807, 2.05) is 6.08 Å². The molecule has 0 rings (SSSR count). The Morgan fingerprint density at radius 1 is 0.636 bits per heavy atom. The lowest BCUT2D eigenvalue weighted by atomic mass is 10.1. The Hall–Kier alpha value is -1.70. The molecule has 2 unspecified atom stereocenters. The summed E-state index contributed by atoms with van der Waals surface area (Å²) < 4.78 is 32.3. The molecule has 0 radical (unpaired) electrons. The number of rotatable bonds is 31. The molecule has 6 nitrogen and oxygen atoms in total. The second-order valence-electron chi connectivity index (χ2n) is 12.1. The molecule has 0 saturated heterocycles. The van der Waals surface area contributed by atoms with E-state index in [0.29, 0.717) is 0 Å². The summed E-state index contributed by atoms with van der Waals surface area (Å²) >= 11 is 0. The zero-order chi connectivity index (χ0) is 32.6. The fourth-order valence-corrected chi connectivity index (χ4v) is 5.84. The normalized spacial score (nSPS) is 14.0. The van der Waals surface area contributed by atoms with Gasteiger partial charge in [-0.25, -0.2) is 0 Å². The van der Waals surface area contributed by atoms with Crippen molar-refractivity contribution in [3.63, 3.8) is 0 Å². The van der Waals surface area contributed by atoms with E-state index >= 15 is 0 Å². The zero-order valence-electron chi connectivity index (χ0n) is 28.3. The van der Waals surface area contributed by atoms with Gasteiger partial charge in [-0.05, 0) is 51.4 Å². The molecule has 0 spiro atoms. The summed E-state index contributed by atoms with van der Waals surface area (Å²) in [5.74, 6) is -0.995. The molecule has 1 amide bonds. The lowest BCUT2D eigenvalue weighted by Crippen LogP contribution is -2.46. The van der Waals surface area contributed by atoms with Crippen molar-refractivity contribution in [1.29, 1.82) is 0 Å². The molecular weight excluding hydrogens is 570 g/mol. The number of aliphatic hydroxyl groups excluding tert-OH is 1. The molecule has 0 bridgehead atoms. The fourth-order valence-electron chi connectivity index (χ4n) is 5.11. The van der Waals surface area contributed by atoms with Crippen LogP contribution in [0.15, 0.2) is 48.6 Å². The zero-order valence-corrected chi connectivity index (χ0v) is 29.1. The Morgan fingerprint density at radius 2 is 1.09 bits per heavy atom. The molecule has 44 heavy (non-hydrogen) atoms. The van der Waals surface area contributed by atoms with Crippen molar-refractivity contribution in [3.05, 3.63) is 48.6 Å². The molecule has 0 heterocycles. The maximum absolute atomic E-state index is 12.4. The van der Waals surface area contributed by atoms with Crippen LogP contribution in [-0.2, 0) is 14.9 Å². The van der Waals surface area contributed by atoms with Crippen molar-refractivity contribution in [3.8, 4) is 0 Å². The number of nitrogens with one attached hydrogen (secondary N) is 1. The van der Waals surface area contributed by atoms with Gasteiger partial charge in [0.2, 0.25) is 5.91 Å². The Labute approximate surface area is 271 Å². The van der Waals surface area contributed by atoms with Crippen LogP contribution in [0.5, 0.6) is 0 Å². The number of aliphatic hydroxyl groups is 1. The molecule has 0 saturated carbocycles. The van der Waals surface area contributed by atoms with E-state index in [4.69, 9.17) is 0 Å². The van der Waals surface area contributed by atoms with Crippen molar-refractivity contribution in [2.24, 2.45) is 0 Å². The fraction of sp³-hybridized carbons (Fsp3) is 0.757. The summed E-state index contributed by atoms with van der Waals surface area (Å²) in [6.07, 6.45) is 40.9. The molecule has 0 aliphatic rings. The molecule has 0 fully saturated rings. The van der Waals surface area contributed by atoms with Crippen LogP contribution in [0.2, 0.25) is 0 Å². The molecule has 2 atom stereocenters. The summed E-state index contributed by atoms with van der Waals surface area (Å²) in [7, 11) is -4.34. The van der Waals surface area contributed by atoms with Crippen molar-refractivity contribution in [1.82, 2.24) is 5.32 Å². The van der Waals surface area contributed by atoms with Crippen LogP contribution >= 0.6 is 0 Å². The van der Waals surface area contributed by atoms with E-state index in [2.05, 4.69) is 55.6 Å². The SMILES string of the molecule is CC/C=C\C/C=C\C/C=C\CCCCCCCCCC(=O)NC(CS(=O)(=O)O)C(O)/C=C/CCCCCCCCCCCC. The minimum atomic E-state index is -4.34. The number of hydrogen-bond acceptors (Lipinski definition) is 4. The summed E-state index contributed by atoms with van der Waals surface area (Å²) in [4.78, 5) is 12.4. The summed E-state index contributed by atoms with van der Waals surface area (Å²) in [5.41, 5.74) is 0. The third-order valence-electron chi connectivity index (χ3n) is 7.76. The van der Waals surface area contributed by atoms with E-state index in [9.17, 15) is 22.9 Å². The van der Waals surface area contributed by atoms with E-state index < -0.39 is 28.0 Å². The van der Waals surface area contributed by atoms with E-state index in [0.717, 1.165) is 70.6 Å². The number of unbranched alkanes of at least 4 members (excludes halogenated alkanes) is 17. The number of carbonyl (C=O) groups is 1. The minimum Gasteiger partial charge on any atom is -0.387 e. The number of allylic oxidation sites excluding steroid dienone is 7. The Morgan fingerprint density at radius 3 is 1.61 bits per heavy atom. The predicted molar refractivity (Wildman–Crippen MR) is 188 cm³/mol.